The van der Waals surface area contributed by atoms with Gasteiger partial charge in [-0.05, 0) is 13.3 Å². The van der Waals surface area contributed by atoms with Gasteiger partial charge in [0.25, 0.3) is 0 Å². The van der Waals surface area contributed by atoms with Crippen LogP contribution in [0.3, 0.4) is 0 Å². The van der Waals surface area contributed by atoms with Crippen LogP contribution in [0, 0.1) is 0 Å². The van der Waals surface area contributed by atoms with Gasteiger partial charge in [0.1, 0.15) is 0 Å². The molecule has 0 N–H and O–H groups in total. The SMILES string of the molecule is CCC1OC1CCOC(=O)CC1OC1C. The van der Waals surface area contributed by atoms with E-state index in [1.54, 1.807) is 0 Å². The molecule has 0 aromatic carbocycles. The van der Waals surface area contributed by atoms with Crippen molar-refractivity contribution >= 4 is 5.97 Å². The summed E-state index contributed by atoms with van der Waals surface area (Å²) in [6.07, 6.45) is 3.31. The van der Waals surface area contributed by atoms with Crippen molar-refractivity contribution in [3.8, 4) is 0 Å². The van der Waals surface area contributed by atoms with Crippen LogP contribution in [0.25, 0.3) is 0 Å². The third-order valence-corrected chi connectivity index (χ3v) is 2.96. The molecule has 0 bridgehead atoms. The third-order valence-electron chi connectivity index (χ3n) is 2.96. The van der Waals surface area contributed by atoms with Gasteiger partial charge in [0, 0.05) is 6.42 Å². The van der Waals surface area contributed by atoms with E-state index in [0.29, 0.717) is 25.2 Å². The maximum atomic E-state index is 11.2. The van der Waals surface area contributed by atoms with Gasteiger partial charge >= 0.3 is 5.97 Å². The number of carbonyl (C=O) groups excluding carboxylic acids is 1. The number of rotatable bonds is 6. The predicted octanol–water partition coefficient (Wildman–Crippen LogP) is 1.27. The van der Waals surface area contributed by atoms with E-state index >= 15 is 0 Å². The Bertz CT molecular complexity index is 241. The first-order valence-electron chi connectivity index (χ1n) is 5.67. The molecule has 2 saturated heterocycles. The highest BCUT2D eigenvalue weighted by molar-refractivity contribution is 5.70. The zero-order chi connectivity index (χ0) is 10.8. The standard InChI is InChI=1S/C11H18O4/c1-3-8-9(15-8)4-5-13-11(12)6-10-7(2)14-10/h7-10H,3-6H2,1-2H3. The minimum absolute atomic E-state index is 0.0954. The fourth-order valence-electron chi connectivity index (χ4n) is 1.75. The smallest absolute Gasteiger partial charge is 0.308 e. The van der Waals surface area contributed by atoms with Gasteiger partial charge < -0.3 is 14.2 Å². The fourth-order valence-corrected chi connectivity index (χ4v) is 1.75. The largest absolute Gasteiger partial charge is 0.465 e. The Kier molecular flexibility index (Phi) is 3.26. The summed E-state index contributed by atoms with van der Waals surface area (Å²) < 4.78 is 15.6. The summed E-state index contributed by atoms with van der Waals surface area (Å²) in [5.41, 5.74) is 0. The van der Waals surface area contributed by atoms with E-state index in [0.717, 1.165) is 12.8 Å². The van der Waals surface area contributed by atoms with Crippen LogP contribution in [0.2, 0.25) is 0 Å². The highest BCUT2D eigenvalue weighted by Crippen LogP contribution is 2.28. The summed E-state index contributed by atoms with van der Waals surface area (Å²) in [6.45, 7) is 4.53. The summed E-state index contributed by atoms with van der Waals surface area (Å²) in [5.74, 6) is -0.155. The molecule has 4 atom stereocenters. The molecule has 2 heterocycles. The summed E-state index contributed by atoms with van der Waals surface area (Å²) in [7, 11) is 0. The van der Waals surface area contributed by atoms with Gasteiger partial charge in [-0.1, -0.05) is 6.92 Å². The number of epoxide rings is 2. The molecule has 4 heteroatoms. The molecule has 0 radical (unpaired) electrons. The average Bonchev–Trinajstić information content (AvgIpc) is 3.07. The first kappa shape index (κ1) is 10.9. The van der Waals surface area contributed by atoms with Crippen LogP contribution >= 0.6 is 0 Å². The van der Waals surface area contributed by atoms with E-state index in [1.807, 2.05) is 6.92 Å². The Morgan fingerprint density at radius 2 is 2.00 bits per heavy atom. The molecule has 15 heavy (non-hydrogen) atoms. The lowest BCUT2D eigenvalue weighted by Gasteiger charge is -2.01. The van der Waals surface area contributed by atoms with Crippen LogP contribution in [0.15, 0.2) is 0 Å². The Balaban J connectivity index is 1.49. The maximum Gasteiger partial charge on any atom is 0.308 e. The summed E-state index contributed by atoms with van der Waals surface area (Å²) >= 11 is 0. The van der Waals surface area contributed by atoms with Crippen molar-refractivity contribution in [2.24, 2.45) is 0 Å². The lowest BCUT2D eigenvalue weighted by Crippen LogP contribution is -2.11. The van der Waals surface area contributed by atoms with Crippen molar-refractivity contribution < 1.29 is 19.0 Å². The van der Waals surface area contributed by atoms with E-state index in [2.05, 4.69) is 6.92 Å². The first-order chi connectivity index (χ1) is 7.20. The van der Waals surface area contributed by atoms with Crippen molar-refractivity contribution in [2.75, 3.05) is 6.61 Å². The number of esters is 1. The van der Waals surface area contributed by atoms with Gasteiger partial charge in [-0.25, -0.2) is 0 Å². The molecule has 4 nitrogen and oxygen atoms in total. The van der Waals surface area contributed by atoms with Gasteiger partial charge in [-0.2, -0.15) is 0 Å². The quantitative estimate of drug-likeness (QED) is 0.493. The Labute approximate surface area is 89.9 Å². The summed E-state index contributed by atoms with van der Waals surface area (Å²) in [5, 5.41) is 0. The second kappa shape index (κ2) is 4.49. The molecule has 0 aliphatic carbocycles. The zero-order valence-electron chi connectivity index (χ0n) is 9.27. The van der Waals surface area contributed by atoms with E-state index in [9.17, 15) is 4.79 Å². The first-order valence-corrected chi connectivity index (χ1v) is 5.67. The molecule has 2 aliphatic heterocycles. The van der Waals surface area contributed by atoms with Gasteiger partial charge in [0.05, 0.1) is 37.4 Å². The van der Waals surface area contributed by atoms with Crippen LogP contribution in [-0.2, 0) is 19.0 Å². The highest BCUT2D eigenvalue weighted by Gasteiger charge is 2.38. The average molecular weight is 214 g/mol. The van der Waals surface area contributed by atoms with Crippen LogP contribution in [-0.4, -0.2) is 37.0 Å². The summed E-state index contributed by atoms with van der Waals surface area (Å²) in [6, 6.07) is 0. The Morgan fingerprint density at radius 1 is 1.27 bits per heavy atom. The van der Waals surface area contributed by atoms with E-state index < -0.39 is 0 Å². The molecule has 0 aromatic rings. The lowest BCUT2D eigenvalue weighted by atomic mass is 10.2. The van der Waals surface area contributed by atoms with E-state index in [1.165, 1.54) is 0 Å². The number of ether oxygens (including phenoxy) is 3. The van der Waals surface area contributed by atoms with E-state index in [-0.39, 0.29) is 18.2 Å². The normalized spacial score (nSPS) is 37.5. The second-order valence-electron chi connectivity index (χ2n) is 4.21. The molecule has 0 aromatic heterocycles. The van der Waals surface area contributed by atoms with Gasteiger partial charge in [-0.3, -0.25) is 4.79 Å². The fraction of sp³-hybridized carbons (Fsp3) is 0.909. The number of hydrogen-bond acceptors (Lipinski definition) is 4. The third kappa shape index (κ3) is 3.18. The molecule has 0 saturated carbocycles. The van der Waals surface area contributed by atoms with Gasteiger partial charge in [0.15, 0.2) is 0 Å². The molecule has 2 aliphatic rings. The van der Waals surface area contributed by atoms with Gasteiger partial charge in [-0.15, -0.1) is 0 Å². The van der Waals surface area contributed by atoms with Gasteiger partial charge in [0.2, 0.25) is 0 Å². The maximum absolute atomic E-state index is 11.2. The molecular weight excluding hydrogens is 196 g/mol. The number of hydrogen-bond donors (Lipinski definition) is 0. The molecule has 4 unspecified atom stereocenters. The second-order valence-corrected chi connectivity index (χ2v) is 4.21. The minimum atomic E-state index is -0.155. The van der Waals surface area contributed by atoms with Crippen LogP contribution < -0.4 is 0 Å². The zero-order valence-corrected chi connectivity index (χ0v) is 9.27. The molecule has 2 fully saturated rings. The van der Waals surface area contributed by atoms with Crippen molar-refractivity contribution in [3.05, 3.63) is 0 Å². The predicted molar refractivity (Wildman–Crippen MR) is 53.5 cm³/mol. The Hall–Kier alpha value is -0.610. The van der Waals surface area contributed by atoms with Crippen molar-refractivity contribution in [1.82, 2.24) is 0 Å². The van der Waals surface area contributed by atoms with Crippen molar-refractivity contribution in [2.45, 2.75) is 57.5 Å². The van der Waals surface area contributed by atoms with Crippen LogP contribution in [0.5, 0.6) is 0 Å². The minimum Gasteiger partial charge on any atom is -0.465 e. The Morgan fingerprint density at radius 3 is 2.53 bits per heavy atom. The monoisotopic (exact) mass is 214 g/mol. The lowest BCUT2D eigenvalue weighted by molar-refractivity contribution is -0.144. The molecular formula is C11H18O4. The van der Waals surface area contributed by atoms with E-state index in [4.69, 9.17) is 14.2 Å². The molecule has 2 rings (SSSR count). The number of carbonyl (C=O) groups is 1. The van der Waals surface area contributed by atoms with Crippen LogP contribution in [0.1, 0.15) is 33.1 Å². The molecule has 0 amide bonds. The molecule has 86 valence electrons. The summed E-state index contributed by atoms with van der Waals surface area (Å²) in [4.78, 5) is 11.2. The topological polar surface area (TPSA) is 51.4 Å². The highest BCUT2D eigenvalue weighted by atomic mass is 16.6. The molecule has 0 spiro atoms. The van der Waals surface area contributed by atoms with Crippen molar-refractivity contribution in [3.63, 3.8) is 0 Å². The van der Waals surface area contributed by atoms with Crippen LogP contribution in [0.4, 0.5) is 0 Å². The van der Waals surface area contributed by atoms with Crippen molar-refractivity contribution in [1.29, 1.82) is 0 Å².